The molecule has 0 spiro atoms. The van der Waals surface area contributed by atoms with Crippen LogP contribution in [0.1, 0.15) is 40.7 Å². The molecule has 0 fully saturated rings. The number of rotatable bonds is 6. The van der Waals surface area contributed by atoms with E-state index in [-0.39, 0.29) is 5.92 Å². The van der Waals surface area contributed by atoms with Crippen LogP contribution in [0.3, 0.4) is 0 Å². The van der Waals surface area contributed by atoms with Crippen molar-refractivity contribution in [3.8, 4) is 0 Å². The van der Waals surface area contributed by atoms with Crippen molar-refractivity contribution in [1.29, 1.82) is 0 Å². The van der Waals surface area contributed by atoms with Crippen LogP contribution in [-0.4, -0.2) is 23.1 Å². The first kappa shape index (κ1) is 16.8. The molecule has 1 aliphatic heterocycles. The number of anilines is 1. The van der Waals surface area contributed by atoms with Crippen molar-refractivity contribution in [3.05, 3.63) is 77.1 Å². The molecule has 1 aromatic carbocycles. The number of benzene rings is 1. The minimum atomic E-state index is 0.235. The molecular weight excluding hydrogens is 324 g/mol. The van der Waals surface area contributed by atoms with E-state index in [4.69, 9.17) is 4.42 Å². The molecular formula is C21H24N4O. The maximum atomic E-state index is 5.70. The molecule has 0 aliphatic carbocycles. The number of nitrogens with zero attached hydrogens (tertiary/aromatic N) is 2. The molecule has 26 heavy (non-hydrogen) atoms. The summed E-state index contributed by atoms with van der Waals surface area (Å²) >= 11 is 0. The third kappa shape index (κ3) is 3.63. The fourth-order valence-corrected chi connectivity index (χ4v) is 3.61. The number of nitrogens with one attached hydrogen (secondary N) is 2. The normalized spacial score (nSPS) is 14.7. The van der Waals surface area contributed by atoms with Gasteiger partial charge in [-0.2, -0.15) is 0 Å². The van der Waals surface area contributed by atoms with Gasteiger partial charge in [-0.05, 0) is 44.0 Å². The summed E-state index contributed by atoms with van der Waals surface area (Å²) in [4.78, 5) is 9.22. The maximum Gasteiger partial charge on any atom is 0.133 e. The van der Waals surface area contributed by atoms with Crippen LogP contribution in [-0.2, 0) is 13.0 Å². The Hall–Kier alpha value is -2.66. The molecule has 0 saturated heterocycles. The quantitative estimate of drug-likeness (QED) is 0.712. The lowest BCUT2D eigenvalue weighted by atomic mass is 9.93. The average Bonchev–Trinajstić information content (AvgIpc) is 3.20. The summed E-state index contributed by atoms with van der Waals surface area (Å²) in [5.74, 6) is 3.04. The lowest BCUT2D eigenvalue weighted by Crippen LogP contribution is -2.27. The molecule has 5 nitrogen and oxygen atoms in total. The van der Waals surface area contributed by atoms with Crippen LogP contribution in [0, 0.1) is 6.92 Å². The fourth-order valence-electron chi connectivity index (χ4n) is 3.61. The van der Waals surface area contributed by atoms with E-state index in [2.05, 4.69) is 50.9 Å². The van der Waals surface area contributed by atoms with E-state index in [1.54, 1.807) is 6.26 Å². The highest BCUT2D eigenvalue weighted by atomic mass is 16.3. The fraction of sp³-hybridized carbons (Fsp3) is 0.333. The van der Waals surface area contributed by atoms with Gasteiger partial charge in [0, 0.05) is 24.6 Å². The van der Waals surface area contributed by atoms with Crippen molar-refractivity contribution >= 4 is 5.82 Å². The van der Waals surface area contributed by atoms with Gasteiger partial charge in [0.15, 0.2) is 0 Å². The molecule has 1 aliphatic rings. The van der Waals surface area contributed by atoms with E-state index < -0.39 is 0 Å². The number of furan rings is 1. The highest BCUT2D eigenvalue weighted by Crippen LogP contribution is 2.28. The third-order valence-corrected chi connectivity index (χ3v) is 4.86. The van der Waals surface area contributed by atoms with E-state index in [9.17, 15) is 0 Å². The second-order valence-electron chi connectivity index (χ2n) is 6.67. The van der Waals surface area contributed by atoms with Gasteiger partial charge in [-0.3, -0.25) is 0 Å². The number of fused-ring (bicyclic) bond motifs is 1. The first-order chi connectivity index (χ1) is 12.8. The van der Waals surface area contributed by atoms with Crippen molar-refractivity contribution in [2.75, 3.05) is 18.4 Å². The zero-order valence-electron chi connectivity index (χ0n) is 15.0. The summed E-state index contributed by atoms with van der Waals surface area (Å²) in [6, 6.07) is 14.5. The van der Waals surface area contributed by atoms with Gasteiger partial charge in [-0.1, -0.05) is 30.3 Å². The number of hydrogen-bond donors (Lipinski definition) is 2. The Morgan fingerprint density at radius 2 is 2.04 bits per heavy atom. The first-order valence-corrected chi connectivity index (χ1v) is 9.20. The Morgan fingerprint density at radius 3 is 2.85 bits per heavy atom. The van der Waals surface area contributed by atoms with E-state index in [1.165, 1.54) is 11.1 Å². The van der Waals surface area contributed by atoms with Gasteiger partial charge in [0.25, 0.3) is 0 Å². The monoisotopic (exact) mass is 348 g/mol. The predicted molar refractivity (Wildman–Crippen MR) is 102 cm³/mol. The molecule has 0 bridgehead atoms. The SMILES string of the molecule is Cc1nc2c(c(NCC[C@@H](c3ccccc3)c3ccco3)n1)CCNC2. The topological polar surface area (TPSA) is 63.0 Å². The molecule has 134 valence electrons. The van der Waals surface area contributed by atoms with Gasteiger partial charge in [0.2, 0.25) is 0 Å². The second-order valence-corrected chi connectivity index (χ2v) is 6.67. The number of aromatic nitrogens is 2. The third-order valence-electron chi connectivity index (χ3n) is 4.86. The van der Waals surface area contributed by atoms with Crippen LogP contribution < -0.4 is 10.6 Å². The van der Waals surface area contributed by atoms with Crippen molar-refractivity contribution in [2.45, 2.75) is 32.2 Å². The molecule has 0 radical (unpaired) electrons. The summed E-state index contributed by atoms with van der Waals surface area (Å²) in [6.07, 6.45) is 3.65. The van der Waals surface area contributed by atoms with Crippen LogP contribution in [0.25, 0.3) is 0 Å². The van der Waals surface area contributed by atoms with Crippen LogP contribution >= 0.6 is 0 Å². The van der Waals surface area contributed by atoms with E-state index in [0.29, 0.717) is 0 Å². The van der Waals surface area contributed by atoms with Gasteiger partial charge >= 0.3 is 0 Å². The van der Waals surface area contributed by atoms with Crippen molar-refractivity contribution in [3.63, 3.8) is 0 Å². The second kappa shape index (κ2) is 7.70. The van der Waals surface area contributed by atoms with Crippen LogP contribution in [0.2, 0.25) is 0 Å². The molecule has 0 unspecified atom stereocenters. The average molecular weight is 348 g/mol. The minimum absolute atomic E-state index is 0.235. The van der Waals surface area contributed by atoms with Gasteiger partial charge < -0.3 is 15.1 Å². The molecule has 3 heterocycles. The van der Waals surface area contributed by atoms with Crippen molar-refractivity contribution < 1.29 is 4.42 Å². The van der Waals surface area contributed by atoms with Gasteiger partial charge in [0.1, 0.15) is 17.4 Å². The Morgan fingerprint density at radius 1 is 1.15 bits per heavy atom. The molecule has 4 rings (SSSR count). The summed E-state index contributed by atoms with van der Waals surface area (Å²) in [7, 11) is 0. The molecule has 0 saturated carbocycles. The smallest absolute Gasteiger partial charge is 0.133 e. The zero-order valence-corrected chi connectivity index (χ0v) is 15.0. The molecule has 1 atom stereocenters. The Kier molecular flexibility index (Phi) is 4.97. The van der Waals surface area contributed by atoms with E-state index >= 15 is 0 Å². The maximum absolute atomic E-state index is 5.70. The molecule has 0 amide bonds. The van der Waals surface area contributed by atoms with Crippen LogP contribution in [0.5, 0.6) is 0 Å². The molecule has 3 aromatic rings. The Bertz CT molecular complexity index is 846. The summed E-state index contributed by atoms with van der Waals surface area (Å²) in [5, 5.41) is 6.93. The van der Waals surface area contributed by atoms with E-state index in [1.807, 2.05) is 19.1 Å². The van der Waals surface area contributed by atoms with Crippen molar-refractivity contribution in [1.82, 2.24) is 15.3 Å². The molecule has 5 heteroatoms. The minimum Gasteiger partial charge on any atom is -0.469 e. The summed E-state index contributed by atoms with van der Waals surface area (Å²) < 4.78 is 5.70. The molecule has 2 aromatic heterocycles. The van der Waals surface area contributed by atoms with E-state index in [0.717, 1.165) is 55.6 Å². The highest BCUT2D eigenvalue weighted by Gasteiger charge is 2.19. The zero-order chi connectivity index (χ0) is 17.8. The lowest BCUT2D eigenvalue weighted by molar-refractivity contribution is 0.477. The van der Waals surface area contributed by atoms with Gasteiger partial charge in [-0.25, -0.2) is 9.97 Å². The Balaban J connectivity index is 1.50. The number of hydrogen-bond acceptors (Lipinski definition) is 5. The van der Waals surface area contributed by atoms with Crippen LogP contribution in [0.15, 0.2) is 53.1 Å². The largest absolute Gasteiger partial charge is 0.469 e. The molecule has 2 N–H and O–H groups in total. The number of aryl methyl sites for hydroxylation is 1. The highest BCUT2D eigenvalue weighted by molar-refractivity contribution is 5.48. The Labute approximate surface area is 153 Å². The predicted octanol–water partition coefficient (Wildman–Crippen LogP) is 3.66. The standard InChI is InChI=1S/C21H24N4O/c1-15-24-19-14-22-11-9-18(19)21(25-15)23-12-10-17(20-8-5-13-26-20)16-6-3-2-4-7-16/h2-8,13,17,22H,9-12,14H2,1H3,(H,23,24,25)/t17-/m0/s1. The van der Waals surface area contributed by atoms with Gasteiger partial charge in [0.05, 0.1) is 12.0 Å². The summed E-state index contributed by atoms with van der Waals surface area (Å²) in [6.45, 7) is 4.59. The first-order valence-electron chi connectivity index (χ1n) is 9.20. The van der Waals surface area contributed by atoms with Crippen molar-refractivity contribution in [2.24, 2.45) is 0 Å². The van der Waals surface area contributed by atoms with Crippen LogP contribution in [0.4, 0.5) is 5.82 Å². The van der Waals surface area contributed by atoms with Gasteiger partial charge in [-0.15, -0.1) is 0 Å². The lowest BCUT2D eigenvalue weighted by Gasteiger charge is -2.21. The summed E-state index contributed by atoms with van der Waals surface area (Å²) in [5.41, 5.74) is 3.65.